The molecule has 0 saturated carbocycles. The number of unbranched alkanes of at least 4 members (excludes halogenated alkanes) is 1. The topological polar surface area (TPSA) is 26.0 Å². The van der Waals surface area contributed by atoms with E-state index in [4.69, 9.17) is 12.2 Å². The molecule has 0 fully saturated rings. The van der Waals surface area contributed by atoms with Crippen LogP contribution in [0.5, 0.6) is 0 Å². The predicted octanol–water partition coefficient (Wildman–Crippen LogP) is 1.53. The number of hydrogen-bond donors (Lipinski definition) is 1. The maximum Gasteiger partial charge on any atom is 0.00973 e. The normalized spacial score (nSPS) is 10.9. The van der Waals surface area contributed by atoms with E-state index >= 15 is 0 Å². The van der Waals surface area contributed by atoms with Crippen molar-refractivity contribution in [2.45, 2.75) is 38.6 Å². The summed E-state index contributed by atoms with van der Waals surface area (Å²) in [6.07, 6.45) is 7.97. The fourth-order valence-electron chi connectivity index (χ4n) is 0.646. The highest BCUT2D eigenvalue weighted by Gasteiger charge is 2.07. The number of nitrogens with two attached hydrogens (primary N) is 1. The second kappa shape index (κ2) is 3.53. The molecule has 2 N–H and O–H groups in total. The van der Waals surface area contributed by atoms with Crippen molar-refractivity contribution in [3.05, 3.63) is 0 Å². The Morgan fingerprint density at radius 3 is 2.44 bits per heavy atom. The Balaban J connectivity index is 3.20. The van der Waals surface area contributed by atoms with Gasteiger partial charge in [0.1, 0.15) is 0 Å². The molecule has 0 atom stereocenters. The van der Waals surface area contributed by atoms with E-state index in [0.717, 1.165) is 19.3 Å². The molecule has 0 amide bonds. The third-order valence-corrected chi connectivity index (χ3v) is 1.14. The number of rotatable bonds is 3. The quantitative estimate of drug-likeness (QED) is 0.449. The molecule has 0 saturated heterocycles. The molecule has 0 unspecified atom stereocenters. The minimum atomic E-state index is -0.0448. The molecule has 52 valence electrons. The lowest BCUT2D eigenvalue weighted by atomic mass is 9.99. The molecule has 0 radical (unpaired) electrons. The van der Waals surface area contributed by atoms with Crippen molar-refractivity contribution in [2.24, 2.45) is 5.73 Å². The first-order valence-electron chi connectivity index (χ1n) is 3.28. The minimum Gasteiger partial charge on any atom is -0.326 e. The van der Waals surface area contributed by atoms with Crippen LogP contribution in [0.25, 0.3) is 0 Å². The monoisotopic (exact) mass is 125 g/mol. The van der Waals surface area contributed by atoms with Gasteiger partial charge >= 0.3 is 0 Å². The zero-order chi connectivity index (χ0) is 7.33. The lowest BCUT2D eigenvalue weighted by Crippen LogP contribution is -2.31. The van der Waals surface area contributed by atoms with Crippen LogP contribution in [-0.4, -0.2) is 5.54 Å². The molecule has 0 aromatic heterocycles. The lowest BCUT2D eigenvalue weighted by Gasteiger charge is -2.16. The zero-order valence-corrected chi connectivity index (χ0v) is 6.28. The van der Waals surface area contributed by atoms with Gasteiger partial charge in [-0.25, -0.2) is 0 Å². The van der Waals surface area contributed by atoms with Crippen molar-refractivity contribution in [3.63, 3.8) is 0 Å². The Morgan fingerprint density at radius 1 is 1.56 bits per heavy atom. The summed E-state index contributed by atoms with van der Waals surface area (Å²) in [5.74, 6) is 2.58. The van der Waals surface area contributed by atoms with Crippen molar-refractivity contribution in [1.29, 1.82) is 0 Å². The molecule has 9 heavy (non-hydrogen) atoms. The summed E-state index contributed by atoms with van der Waals surface area (Å²) in [6.45, 7) is 4.03. The Hall–Kier alpha value is -0.480. The second-order valence-corrected chi connectivity index (χ2v) is 3.05. The molecule has 0 spiro atoms. The van der Waals surface area contributed by atoms with E-state index in [2.05, 4.69) is 5.92 Å². The summed E-state index contributed by atoms with van der Waals surface area (Å²) in [5, 5.41) is 0. The van der Waals surface area contributed by atoms with Gasteiger partial charge in [0.25, 0.3) is 0 Å². The van der Waals surface area contributed by atoms with Crippen molar-refractivity contribution < 1.29 is 0 Å². The van der Waals surface area contributed by atoms with Gasteiger partial charge in [0.05, 0.1) is 0 Å². The van der Waals surface area contributed by atoms with Gasteiger partial charge in [-0.2, -0.15) is 0 Å². The summed E-state index contributed by atoms with van der Waals surface area (Å²) in [4.78, 5) is 0. The summed E-state index contributed by atoms with van der Waals surface area (Å²) in [6, 6.07) is 0. The maximum atomic E-state index is 5.71. The first kappa shape index (κ1) is 8.52. The number of terminal acetylenes is 1. The van der Waals surface area contributed by atoms with Gasteiger partial charge in [0, 0.05) is 12.0 Å². The van der Waals surface area contributed by atoms with Crippen LogP contribution in [0.3, 0.4) is 0 Å². The first-order chi connectivity index (χ1) is 4.06. The van der Waals surface area contributed by atoms with Gasteiger partial charge < -0.3 is 5.73 Å². The van der Waals surface area contributed by atoms with E-state index in [1.165, 1.54) is 0 Å². The Labute approximate surface area is 57.6 Å². The average Bonchev–Trinajstić information content (AvgIpc) is 1.63. The Bertz CT molecular complexity index is 103. The van der Waals surface area contributed by atoms with Crippen LogP contribution < -0.4 is 5.73 Å². The number of hydrogen-bond acceptors (Lipinski definition) is 1. The summed E-state index contributed by atoms with van der Waals surface area (Å²) in [7, 11) is 0. The molecule has 0 aliphatic rings. The predicted molar refractivity (Wildman–Crippen MR) is 41.0 cm³/mol. The molecule has 1 nitrogen and oxygen atoms in total. The zero-order valence-electron chi connectivity index (χ0n) is 6.28. The second-order valence-electron chi connectivity index (χ2n) is 3.05. The third kappa shape index (κ3) is 7.52. The van der Waals surface area contributed by atoms with E-state index in [1.807, 2.05) is 13.8 Å². The van der Waals surface area contributed by atoms with E-state index in [-0.39, 0.29) is 5.54 Å². The minimum absolute atomic E-state index is 0.0448. The molecule has 0 aliphatic heterocycles. The van der Waals surface area contributed by atoms with Crippen LogP contribution in [0.2, 0.25) is 0 Å². The summed E-state index contributed by atoms with van der Waals surface area (Å²) in [5.41, 5.74) is 5.66. The van der Waals surface area contributed by atoms with Crippen molar-refractivity contribution in [1.82, 2.24) is 0 Å². The fourth-order valence-corrected chi connectivity index (χ4v) is 0.646. The molecule has 0 bridgehead atoms. The molecule has 0 heterocycles. The SMILES string of the molecule is C#CCCCC(C)(C)N. The Morgan fingerprint density at radius 2 is 2.11 bits per heavy atom. The van der Waals surface area contributed by atoms with Crippen molar-refractivity contribution >= 4 is 0 Å². The molecular formula is C8H15N. The third-order valence-electron chi connectivity index (χ3n) is 1.14. The maximum absolute atomic E-state index is 5.71. The standard InChI is InChI=1S/C8H15N/c1-4-5-6-7-8(2,3)9/h1H,5-7,9H2,2-3H3. The average molecular weight is 125 g/mol. The van der Waals surface area contributed by atoms with E-state index in [9.17, 15) is 0 Å². The van der Waals surface area contributed by atoms with Crippen LogP contribution in [0, 0.1) is 12.3 Å². The Kier molecular flexibility index (Phi) is 3.34. The van der Waals surface area contributed by atoms with E-state index in [0.29, 0.717) is 0 Å². The molecule has 0 aromatic carbocycles. The molecule has 0 aromatic rings. The van der Waals surface area contributed by atoms with Gasteiger partial charge in [-0.1, -0.05) is 0 Å². The summed E-state index contributed by atoms with van der Waals surface area (Å²) < 4.78 is 0. The smallest absolute Gasteiger partial charge is 0.00973 e. The molecule has 0 rings (SSSR count). The van der Waals surface area contributed by atoms with Gasteiger partial charge in [-0.3, -0.25) is 0 Å². The molecule has 1 heteroatoms. The largest absolute Gasteiger partial charge is 0.326 e. The van der Waals surface area contributed by atoms with Crippen LogP contribution in [0.4, 0.5) is 0 Å². The molecular weight excluding hydrogens is 110 g/mol. The van der Waals surface area contributed by atoms with E-state index < -0.39 is 0 Å². The lowest BCUT2D eigenvalue weighted by molar-refractivity contribution is 0.463. The van der Waals surface area contributed by atoms with Gasteiger partial charge in [0.15, 0.2) is 0 Å². The summed E-state index contributed by atoms with van der Waals surface area (Å²) >= 11 is 0. The van der Waals surface area contributed by atoms with E-state index in [1.54, 1.807) is 0 Å². The van der Waals surface area contributed by atoms with Crippen LogP contribution in [-0.2, 0) is 0 Å². The molecule has 0 aliphatic carbocycles. The van der Waals surface area contributed by atoms with Crippen LogP contribution in [0.1, 0.15) is 33.1 Å². The first-order valence-corrected chi connectivity index (χ1v) is 3.28. The highest BCUT2D eigenvalue weighted by atomic mass is 14.7. The highest BCUT2D eigenvalue weighted by Crippen LogP contribution is 2.07. The van der Waals surface area contributed by atoms with Gasteiger partial charge in [-0.05, 0) is 26.7 Å². The van der Waals surface area contributed by atoms with Crippen molar-refractivity contribution in [3.8, 4) is 12.3 Å². The van der Waals surface area contributed by atoms with Gasteiger partial charge in [0.2, 0.25) is 0 Å². The van der Waals surface area contributed by atoms with Gasteiger partial charge in [-0.15, -0.1) is 12.3 Å². The van der Waals surface area contributed by atoms with Crippen LogP contribution >= 0.6 is 0 Å². The van der Waals surface area contributed by atoms with Crippen LogP contribution in [0.15, 0.2) is 0 Å². The van der Waals surface area contributed by atoms with Crippen molar-refractivity contribution in [2.75, 3.05) is 0 Å². The fraction of sp³-hybridized carbons (Fsp3) is 0.750. The highest BCUT2D eigenvalue weighted by molar-refractivity contribution is 4.84.